The molecule has 0 bridgehead atoms. The Morgan fingerprint density at radius 2 is 1.94 bits per heavy atom. The average molecular weight is 288 g/mol. The summed E-state index contributed by atoms with van der Waals surface area (Å²) in [5, 5.41) is 4.90. The number of rotatable bonds is 7. The van der Waals surface area contributed by atoms with E-state index in [1.165, 1.54) is 6.42 Å². The van der Waals surface area contributed by atoms with Crippen LogP contribution in [0.3, 0.4) is 0 Å². The molecule has 18 heavy (non-hydrogen) atoms. The van der Waals surface area contributed by atoms with E-state index in [4.69, 9.17) is 23.2 Å². The SMILES string of the molecule is CCNC(CCCc1cccc(Cl)c1Cl)C(C)C. The Morgan fingerprint density at radius 3 is 2.56 bits per heavy atom. The van der Waals surface area contributed by atoms with Gasteiger partial charge in [0.25, 0.3) is 0 Å². The summed E-state index contributed by atoms with van der Waals surface area (Å²) in [5.74, 6) is 0.666. The quantitative estimate of drug-likeness (QED) is 0.748. The van der Waals surface area contributed by atoms with E-state index in [9.17, 15) is 0 Å². The summed E-state index contributed by atoms with van der Waals surface area (Å²) in [7, 11) is 0. The lowest BCUT2D eigenvalue weighted by Crippen LogP contribution is -2.33. The molecule has 0 fully saturated rings. The van der Waals surface area contributed by atoms with Crippen molar-refractivity contribution in [2.45, 2.75) is 46.1 Å². The van der Waals surface area contributed by atoms with Gasteiger partial charge in [0.2, 0.25) is 0 Å². The smallest absolute Gasteiger partial charge is 0.0624 e. The van der Waals surface area contributed by atoms with E-state index in [1.807, 2.05) is 12.1 Å². The molecule has 1 nitrogen and oxygen atoms in total. The normalized spacial score (nSPS) is 13.0. The molecule has 0 saturated carbocycles. The molecule has 0 aliphatic carbocycles. The van der Waals surface area contributed by atoms with Crippen LogP contribution in [0.25, 0.3) is 0 Å². The van der Waals surface area contributed by atoms with Gasteiger partial charge < -0.3 is 5.32 Å². The molecule has 102 valence electrons. The highest BCUT2D eigenvalue weighted by Gasteiger charge is 2.12. The third-order valence-electron chi connectivity index (χ3n) is 3.26. The second-order valence-corrected chi connectivity index (χ2v) is 5.80. The fourth-order valence-corrected chi connectivity index (χ4v) is 2.60. The van der Waals surface area contributed by atoms with Crippen molar-refractivity contribution in [3.05, 3.63) is 33.8 Å². The summed E-state index contributed by atoms with van der Waals surface area (Å²) < 4.78 is 0. The molecule has 3 heteroatoms. The predicted octanol–water partition coefficient (Wildman–Crippen LogP) is 4.95. The van der Waals surface area contributed by atoms with Crippen molar-refractivity contribution in [1.82, 2.24) is 5.32 Å². The van der Waals surface area contributed by atoms with Gasteiger partial charge in [-0.1, -0.05) is 56.1 Å². The predicted molar refractivity (Wildman–Crippen MR) is 81.7 cm³/mol. The molecule has 1 aromatic rings. The molecule has 0 saturated heterocycles. The average Bonchev–Trinajstić information content (AvgIpc) is 2.33. The van der Waals surface area contributed by atoms with Gasteiger partial charge in [0.1, 0.15) is 0 Å². The van der Waals surface area contributed by atoms with E-state index in [0.29, 0.717) is 22.0 Å². The Hall–Kier alpha value is -0.240. The van der Waals surface area contributed by atoms with E-state index < -0.39 is 0 Å². The van der Waals surface area contributed by atoms with Gasteiger partial charge in [0, 0.05) is 6.04 Å². The minimum Gasteiger partial charge on any atom is -0.314 e. The van der Waals surface area contributed by atoms with Crippen LogP contribution in [0.1, 0.15) is 39.2 Å². The number of benzene rings is 1. The molecule has 1 aromatic carbocycles. The maximum absolute atomic E-state index is 6.18. The van der Waals surface area contributed by atoms with Crippen molar-refractivity contribution < 1.29 is 0 Å². The summed E-state index contributed by atoms with van der Waals surface area (Å²) in [4.78, 5) is 0. The second kappa shape index (κ2) is 8.04. The van der Waals surface area contributed by atoms with Gasteiger partial charge in [-0.15, -0.1) is 0 Å². The first-order chi connectivity index (χ1) is 8.56. The van der Waals surface area contributed by atoms with Gasteiger partial charge in [0.15, 0.2) is 0 Å². The van der Waals surface area contributed by atoms with Crippen LogP contribution in [0.5, 0.6) is 0 Å². The van der Waals surface area contributed by atoms with Crippen LogP contribution in [-0.4, -0.2) is 12.6 Å². The van der Waals surface area contributed by atoms with Gasteiger partial charge in [-0.2, -0.15) is 0 Å². The Labute approximate surface area is 121 Å². The first kappa shape index (κ1) is 15.8. The highest BCUT2D eigenvalue weighted by molar-refractivity contribution is 6.42. The maximum atomic E-state index is 6.18. The molecular formula is C15H23Cl2N. The molecule has 0 heterocycles. The van der Waals surface area contributed by atoms with Crippen molar-refractivity contribution in [3.8, 4) is 0 Å². The highest BCUT2D eigenvalue weighted by atomic mass is 35.5. The summed E-state index contributed by atoms with van der Waals surface area (Å²) in [6.07, 6.45) is 3.30. The molecule has 0 aliphatic rings. The monoisotopic (exact) mass is 287 g/mol. The maximum Gasteiger partial charge on any atom is 0.0624 e. The van der Waals surface area contributed by atoms with Crippen molar-refractivity contribution >= 4 is 23.2 Å². The standard InChI is InChI=1S/C15H23Cl2N/c1-4-18-14(11(2)3)10-6-8-12-7-5-9-13(16)15(12)17/h5,7,9,11,14,18H,4,6,8,10H2,1-3H3. The van der Waals surface area contributed by atoms with Gasteiger partial charge in [0.05, 0.1) is 10.0 Å². The molecular weight excluding hydrogens is 265 g/mol. The van der Waals surface area contributed by atoms with E-state index in [-0.39, 0.29) is 0 Å². The van der Waals surface area contributed by atoms with Crippen molar-refractivity contribution in [2.75, 3.05) is 6.54 Å². The lowest BCUT2D eigenvalue weighted by molar-refractivity contribution is 0.377. The van der Waals surface area contributed by atoms with E-state index >= 15 is 0 Å². The van der Waals surface area contributed by atoms with E-state index in [2.05, 4.69) is 32.2 Å². The zero-order chi connectivity index (χ0) is 13.5. The van der Waals surface area contributed by atoms with Crippen LogP contribution in [0, 0.1) is 5.92 Å². The first-order valence-electron chi connectivity index (χ1n) is 6.72. The highest BCUT2D eigenvalue weighted by Crippen LogP contribution is 2.26. The van der Waals surface area contributed by atoms with Crippen molar-refractivity contribution in [3.63, 3.8) is 0 Å². The largest absolute Gasteiger partial charge is 0.314 e. The van der Waals surface area contributed by atoms with E-state index in [1.54, 1.807) is 0 Å². The Bertz CT molecular complexity index is 364. The minimum absolute atomic E-state index is 0.591. The fourth-order valence-electron chi connectivity index (χ4n) is 2.19. The van der Waals surface area contributed by atoms with Crippen LogP contribution in [0.2, 0.25) is 10.0 Å². The third-order valence-corrected chi connectivity index (χ3v) is 4.12. The summed E-state index contributed by atoms with van der Waals surface area (Å²) in [5.41, 5.74) is 1.16. The third kappa shape index (κ3) is 4.79. The lowest BCUT2D eigenvalue weighted by Gasteiger charge is -2.21. The number of halogens is 2. The molecule has 0 aliphatic heterocycles. The summed E-state index contributed by atoms with van der Waals surface area (Å²) in [6.45, 7) is 7.71. The first-order valence-corrected chi connectivity index (χ1v) is 7.48. The number of aryl methyl sites for hydroxylation is 1. The molecule has 0 amide bonds. The van der Waals surface area contributed by atoms with Gasteiger partial charge in [-0.3, -0.25) is 0 Å². The lowest BCUT2D eigenvalue weighted by atomic mass is 9.97. The zero-order valence-corrected chi connectivity index (χ0v) is 13.0. The van der Waals surface area contributed by atoms with Crippen LogP contribution in [-0.2, 0) is 6.42 Å². The minimum atomic E-state index is 0.591. The van der Waals surface area contributed by atoms with Crippen molar-refractivity contribution in [1.29, 1.82) is 0 Å². The van der Waals surface area contributed by atoms with Gasteiger partial charge >= 0.3 is 0 Å². The molecule has 1 rings (SSSR count). The molecule has 0 spiro atoms. The number of hydrogen-bond donors (Lipinski definition) is 1. The van der Waals surface area contributed by atoms with Crippen LogP contribution < -0.4 is 5.32 Å². The second-order valence-electron chi connectivity index (χ2n) is 5.01. The molecule has 1 unspecified atom stereocenters. The topological polar surface area (TPSA) is 12.0 Å². The number of hydrogen-bond acceptors (Lipinski definition) is 1. The van der Waals surface area contributed by atoms with Gasteiger partial charge in [-0.05, 0) is 43.4 Å². The van der Waals surface area contributed by atoms with Crippen molar-refractivity contribution in [2.24, 2.45) is 5.92 Å². The summed E-state index contributed by atoms with van der Waals surface area (Å²) in [6, 6.07) is 6.45. The molecule has 1 atom stereocenters. The Kier molecular flexibility index (Phi) is 7.06. The fraction of sp³-hybridized carbons (Fsp3) is 0.600. The van der Waals surface area contributed by atoms with Crippen LogP contribution >= 0.6 is 23.2 Å². The zero-order valence-electron chi connectivity index (χ0n) is 11.5. The molecule has 0 radical (unpaired) electrons. The van der Waals surface area contributed by atoms with Gasteiger partial charge in [-0.25, -0.2) is 0 Å². The Balaban J connectivity index is 2.47. The van der Waals surface area contributed by atoms with E-state index in [0.717, 1.165) is 24.9 Å². The van der Waals surface area contributed by atoms with Crippen LogP contribution in [0.4, 0.5) is 0 Å². The Morgan fingerprint density at radius 1 is 1.22 bits per heavy atom. The molecule has 1 N–H and O–H groups in total. The summed E-state index contributed by atoms with van der Waals surface area (Å²) >= 11 is 12.2. The number of nitrogens with one attached hydrogen (secondary N) is 1. The van der Waals surface area contributed by atoms with Crippen LogP contribution in [0.15, 0.2) is 18.2 Å². The molecule has 0 aromatic heterocycles.